The van der Waals surface area contributed by atoms with Crippen molar-refractivity contribution in [1.29, 1.82) is 0 Å². The number of hydrogen-bond donors (Lipinski definition) is 1. The van der Waals surface area contributed by atoms with Crippen molar-refractivity contribution in [2.24, 2.45) is 5.73 Å². The Morgan fingerprint density at radius 2 is 2.14 bits per heavy atom. The normalized spacial score (nSPS) is 14.9. The summed E-state index contributed by atoms with van der Waals surface area (Å²) in [4.78, 5) is 0. The molecule has 0 aliphatic carbocycles. The molecular weight excluding hydrogens is 174 g/mol. The Kier molecular flexibility index (Phi) is 3.53. The van der Waals surface area contributed by atoms with E-state index in [1.54, 1.807) is 7.11 Å². The van der Waals surface area contributed by atoms with Crippen molar-refractivity contribution >= 4 is 0 Å². The zero-order chi connectivity index (χ0) is 10.6. The minimum Gasteiger partial charge on any atom is -0.497 e. The number of rotatable bonds is 4. The van der Waals surface area contributed by atoms with Crippen LogP contribution in [0.3, 0.4) is 0 Å². The van der Waals surface area contributed by atoms with Gasteiger partial charge in [-0.1, -0.05) is 25.5 Å². The average Bonchev–Trinajstić information content (AvgIpc) is 2.18. The predicted molar refractivity (Wildman–Crippen MR) is 59.4 cm³/mol. The highest BCUT2D eigenvalue weighted by Crippen LogP contribution is 2.25. The summed E-state index contributed by atoms with van der Waals surface area (Å²) in [7, 11) is 1.67. The van der Waals surface area contributed by atoms with E-state index in [1.165, 1.54) is 0 Å². The van der Waals surface area contributed by atoms with E-state index in [1.807, 2.05) is 18.2 Å². The second kappa shape index (κ2) is 4.47. The molecule has 78 valence electrons. The van der Waals surface area contributed by atoms with Crippen molar-refractivity contribution in [1.82, 2.24) is 0 Å². The molecule has 0 saturated carbocycles. The molecule has 1 aromatic carbocycles. The van der Waals surface area contributed by atoms with E-state index in [0.29, 0.717) is 0 Å². The van der Waals surface area contributed by atoms with Crippen LogP contribution in [0.5, 0.6) is 5.75 Å². The summed E-state index contributed by atoms with van der Waals surface area (Å²) >= 11 is 0. The zero-order valence-corrected chi connectivity index (χ0v) is 9.21. The fourth-order valence-electron chi connectivity index (χ4n) is 1.64. The van der Waals surface area contributed by atoms with Crippen LogP contribution in [0.1, 0.15) is 32.3 Å². The monoisotopic (exact) mass is 193 g/mol. The van der Waals surface area contributed by atoms with Crippen molar-refractivity contribution in [3.05, 3.63) is 29.8 Å². The van der Waals surface area contributed by atoms with Gasteiger partial charge in [0.2, 0.25) is 0 Å². The lowest BCUT2D eigenvalue weighted by molar-refractivity contribution is 0.407. The molecule has 0 fully saturated rings. The molecule has 0 amide bonds. The molecular formula is C12H19NO. The van der Waals surface area contributed by atoms with E-state index < -0.39 is 0 Å². The van der Waals surface area contributed by atoms with Gasteiger partial charge in [0.05, 0.1) is 7.11 Å². The molecule has 1 unspecified atom stereocenters. The SMILES string of the molecule is CCCC(C)(N)c1cccc(OC)c1. The molecule has 0 aliphatic rings. The maximum Gasteiger partial charge on any atom is 0.119 e. The zero-order valence-electron chi connectivity index (χ0n) is 9.21. The standard InChI is InChI=1S/C12H19NO/c1-4-8-12(2,13)10-6-5-7-11(9-10)14-3/h5-7,9H,4,8,13H2,1-3H3. The van der Waals surface area contributed by atoms with E-state index >= 15 is 0 Å². The molecule has 0 spiro atoms. The van der Waals surface area contributed by atoms with Gasteiger partial charge in [-0.2, -0.15) is 0 Å². The molecule has 14 heavy (non-hydrogen) atoms. The van der Waals surface area contributed by atoms with Crippen LogP contribution >= 0.6 is 0 Å². The van der Waals surface area contributed by atoms with E-state index in [9.17, 15) is 0 Å². The molecule has 0 bridgehead atoms. The highest BCUT2D eigenvalue weighted by molar-refractivity contribution is 5.32. The first-order valence-corrected chi connectivity index (χ1v) is 5.03. The first-order chi connectivity index (χ1) is 6.60. The van der Waals surface area contributed by atoms with Crippen molar-refractivity contribution in [3.8, 4) is 5.75 Å². The van der Waals surface area contributed by atoms with Gasteiger partial charge < -0.3 is 10.5 Å². The topological polar surface area (TPSA) is 35.2 Å². The molecule has 2 N–H and O–H groups in total. The van der Waals surface area contributed by atoms with Crippen LogP contribution in [0.25, 0.3) is 0 Å². The molecule has 2 nitrogen and oxygen atoms in total. The van der Waals surface area contributed by atoms with Gasteiger partial charge in [0.1, 0.15) is 5.75 Å². The van der Waals surface area contributed by atoms with E-state index in [0.717, 1.165) is 24.2 Å². The van der Waals surface area contributed by atoms with Crippen LogP contribution in [-0.4, -0.2) is 7.11 Å². The van der Waals surface area contributed by atoms with Gasteiger partial charge in [-0.25, -0.2) is 0 Å². The average molecular weight is 193 g/mol. The Morgan fingerprint density at radius 3 is 2.71 bits per heavy atom. The van der Waals surface area contributed by atoms with Gasteiger partial charge in [-0.05, 0) is 31.0 Å². The van der Waals surface area contributed by atoms with Crippen molar-refractivity contribution in [2.45, 2.75) is 32.2 Å². The maximum atomic E-state index is 6.22. The smallest absolute Gasteiger partial charge is 0.119 e. The van der Waals surface area contributed by atoms with Gasteiger partial charge in [-0.3, -0.25) is 0 Å². The summed E-state index contributed by atoms with van der Waals surface area (Å²) in [5, 5.41) is 0. The Labute approximate surface area is 86.1 Å². The molecule has 1 atom stereocenters. The van der Waals surface area contributed by atoms with Crippen LogP contribution < -0.4 is 10.5 Å². The lowest BCUT2D eigenvalue weighted by Crippen LogP contribution is -2.32. The largest absolute Gasteiger partial charge is 0.497 e. The predicted octanol–water partition coefficient (Wildman–Crippen LogP) is 2.67. The second-order valence-electron chi connectivity index (χ2n) is 3.90. The van der Waals surface area contributed by atoms with E-state index in [-0.39, 0.29) is 5.54 Å². The first kappa shape index (κ1) is 11.1. The number of nitrogens with two attached hydrogens (primary N) is 1. The highest BCUT2D eigenvalue weighted by atomic mass is 16.5. The Bertz CT molecular complexity index is 294. The number of methoxy groups -OCH3 is 1. The summed E-state index contributed by atoms with van der Waals surface area (Å²) in [6.45, 7) is 4.20. The fraction of sp³-hybridized carbons (Fsp3) is 0.500. The number of hydrogen-bond acceptors (Lipinski definition) is 2. The van der Waals surface area contributed by atoms with E-state index in [4.69, 9.17) is 10.5 Å². The van der Waals surface area contributed by atoms with Gasteiger partial charge >= 0.3 is 0 Å². The van der Waals surface area contributed by atoms with Crippen LogP contribution in [0.15, 0.2) is 24.3 Å². The lowest BCUT2D eigenvalue weighted by atomic mass is 9.89. The summed E-state index contributed by atoms with van der Waals surface area (Å²) < 4.78 is 5.17. The Morgan fingerprint density at radius 1 is 1.43 bits per heavy atom. The number of ether oxygens (including phenoxy) is 1. The molecule has 0 radical (unpaired) electrons. The van der Waals surface area contributed by atoms with E-state index in [2.05, 4.69) is 19.9 Å². The Balaban J connectivity index is 2.93. The molecule has 1 rings (SSSR count). The molecule has 0 aliphatic heterocycles. The van der Waals surface area contributed by atoms with Gasteiger partial charge in [-0.15, -0.1) is 0 Å². The minimum atomic E-state index is -0.247. The molecule has 0 aromatic heterocycles. The summed E-state index contributed by atoms with van der Waals surface area (Å²) in [5.74, 6) is 0.871. The number of benzene rings is 1. The second-order valence-corrected chi connectivity index (χ2v) is 3.90. The van der Waals surface area contributed by atoms with Crippen LogP contribution in [0.4, 0.5) is 0 Å². The maximum absolute atomic E-state index is 6.22. The van der Waals surface area contributed by atoms with Crippen LogP contribution in [0.2, 0.25) is 0 Å². The van der Waals surface area contributed by atoms with Crippen LogP contribution in [-0.2, 0) is 5.54 Å². The van der Waals surface area contributed by atoms with Crippen LogP contribution in [0, 0.1) is 0 Å². The van der Waals surface area contributed by atoms with Crippen molar-refractivity contribution < 1.29 is 4.74 Å². The van der Waals surface area contributed by atoms with Gasteiger partial charge in [0, 0.05) is 5.54 Å². The third-order valence-electron chi connectivity index (χ3n) is 2.50. The molecule has 0 heterocycles. The van der Waals surface area contributed by atoms with Gasteiger partial charge in [0.25, 0.3) is 0 Å². The van der Waals surface area contributed by atoms with Crippen molar-refractivity contribution in [3.63, 3.8) is 0 Å². The third kappa shape index (κ3) is 2.48. The Hall–Kier alpha value is -1.02. The molecule has 2 heteroatoms. The van der Waals surface area contributed by atoms with Gasteiger partial charge in [0.15, 0.2) is 0 Å². The summed E-state index contributed by atoms with van der Waals surface area (Å²) in [6, 6.07) is 7.98. The third-order valence-corrected chi connectivity index (χ3v) is 2.50. The first-order valence-electron chi connectivity index (χ1n) is 5.03. The summed E-state index contributed by atoms with van der Waals surface area (Å²) in [6.07, 6.45) is 2.07. The molecule has 0 saturated heterocycles. The summed E-state index contributed by atoms with van der Waals surface area (Å²) in [5.41, 5.74) is 7.11. The fourth-order valence-corrected chi connectivity index (χ4v) is 1.64. The minimum absolute atomic E-state index is 0.247. The lowest BCUT2D eigenvalue weighted by Gasteiger charge is -2.25. The van der Waals surface area contributed by atoms with Crippen molar-refractivity contribution in [2.75, 3.05) is 7.11 Å². The molecule has 1 aromatic rings. The quantitative estimate of drug-likeness (QED) is 0.798. The highest BCUT2D eigenvalue weighted by Gasteiger charge is 2.19.